The maximum Gasteiger partial charge on any atom is 0.407 e. The molecule has 0 spiro atoms. The number of ether oxygens (including phenoxy) is 1. The van der Waals surface area contributed by atoms with Crippen molar-refractivity contribution in [1.29, 1.82) is 0 Å². The lowest BCUT2D eigenvalue weighted by atomic mass is 10.2. The fourth-order valence-corrected chi connectivity index (χ4v) is 1.82. The van der Waals surface area contributed by atoms with Gasteiger partial charge in [0, 0.05) is 18.5 Å². The number of nitrogens with two attached hydrogens (primary N) is 1. The summed E-state index contributed by atoms with van der Waals surface area (Å²) in [5, 5.41) is 2.54. The van der Waals surface area contributed by atoms with Gasteiger partial charge in [-0.2, -0.15) is 0 Å². The van der Waals surface area contributed by atoms with Gasteiger partial charge in [-0.25, -0.2) is 13.6 Å². The van der Waals surface area contributed by atoms with Crippen molar-refractivity contribution in [3.8, 4) is 11.8 Å². The first-order valence-electron chi connectivity index (χ1n) is 7.24. The van der Waals surface area contributed by atoms with E-state index >= 15 is 0 Å². The Morgan fingerprint density at radius 3 is 2.50 bits per heavy atom. The Morgan fingerprint density at radius 2 is 1.83 bits per heavy atom. The van der Waals surface area contributed by atoms with Crippen LogP contribution in [0.15, 0.2) is 42.5 Å². The fourth-order valence-electron chi connectivity index (χ4n) is 1.82. The zero-order chi connectivity index (χ0) is 17.4. The summed E-state index contributed by atoms with van der Waals surface area (Å²) in [6.07, 6.45) is -0.237. The van der Waals surface area contributed by atoms with E-state index in [9.17, 15) is 13.6 Å². The predicted octanol–water partition coefficient (Wildman–Crippen LogP) is 3.22. The topological polar surface area (TPSA) is 64.3 Å². The normalized spacial score (nSPS) is 9.75. The van der Waals surface area contributed by atoms with Crippen molar-refractivity contribution in [3.05, 3.63) is 65.2 Å². The summed E-state index contributed by atoms with van der Waals surface area (Å²) in [5.41, 5.74) is 5.72. The summed E-state index contributed by atoms with van der Waals surface area (Å²) in [6, 6.07) is 11.4. The number of amides is 1. The van der Waals surface area contributed by atoms with Crippen LogP contribution in [0.2, 0.25) is 0 Å². The maximum atomic E-state index is 13.2. The van der Waals surface area contributed by atoms with Gasteiger partial charge >= 0.3 is 6.09 Å². The standard InChI is InChI=1S/C18H16F2N2O2/c19-15-10-14(11-16(20)17(15)21)8-4-5-9-22-18(23)24-12-13-6-2-1-3-7-13/h1-3,6-7,10-11H,5,9,12,21H2,(H,22,23). The molecular formula is C18H16F2N2O2. The molecular weight excluding hydrogens is 314 g/mol. The van der Waals surface area contributed by atoms with Crippen LogP contribution in [0.4, 0.5) is 19.3 Å². The van der Waals surface area contributed by atoms with E-state index in [4.69, 9.17) is 10.5 Å². The van der Waals surface area contributed by atoms with Gasteiger partial charge in [0.25, 0.3) is 0 Å². The molecule has 0 fully saturated rings. The average molecular weight is 330 g/mol. The molecule has 0 aliphatic rings. The van der Waals surface area contributed by atoms with Gasteiger partial charge in [0.05, 0.1) is 0 Å². The number of hydrogen-bond donors (Lipinski definition) is 2. The first kappa shape index (κ1) is 17.3. The average Bonchev–Trinajstić information content (AvgIpc) is 2.58. The molecule has 0 aromatic heterocycles. The van der Waals surface area contributed by atoms with Crippen molar-refractivity contribution in [2.24, 2.45) is 0 Å². The first-order valence-corrected chi connectivity index (χ1v) is 7.24. The number of halogens is 2. The molecule has 3 N–H and O–H groups in total. The highest BCUT2D eigenvalue weighted by Gasteiger charge is 2.06. The maximum absolute atomic E-state index is 13.2. The van der Waals surface area contributed by atoms with Crippen molar-refractivity contribution < 1.29 is 18.3 Å². The molecule has 2 aromatic rings. The number of alkyl carbamates (subject to hydrolysis) is 1. The summed E-state index contributed by atoms with van der Waals surface area (Å²) >= 11 is 0. The van der Waals surface area contributed by atoms with Gasteiger partial charge in [-0.3, -0.25) is 0 Å². The molecule has 0 unspecified atom stereocenters. The number of nitrogens with one attached hydrogen (secondary N) is 1. The number of hydrogen-bond acceptors (Lipinski definition) is 3. The molecule has 0 saturated carbocycles. The van der Waals surface area contributed by atoms with E-state index in [1.165, 1.54) is 0 Å². The Morgan fingerprint density at radius 1 is 1.17 bits per heavy atom. The molecule has 0 aliphatic heterocycles. The zero-order valence-corrected chi connectivity index (χ0v) is 12.8. The lowest BCUT2D eigenvalue weighted by molar-refractivity contribution is 0.140. The van der Waals surface area contributed by atoms with Crippen molar-refractivity contribution in [1.82, 2.24) is 5.32 Å². The molecule has 4 nitrogen and oxygen atoms in total. The molecule has 124 valence electrons. The molecule has 6 heteroatoms. The van der Waals surface area contributed by atoms with E-state index in [0.717, 1.165) is 17.7 Å². The number of carbonyl (C=O) groups excluding carboxylic acids is 1. The summed E-state index contributed by atoms with van der Waals surface area (Å²) in [7, 11) is 0. The van der Waals surface area contributed by atoms with Gasteiger partial charge in [-0.05, 0) is 17.7 Å². The van der Waals surface area contributed by atoms with Gasteiger partial charge < -0.3 is 15.8 Å². The molecule has 2 rings (SSSR count). The molecule has 0 atom stereocenters. The second-order valence-corrected chi connectivity index (χ2v) is 4.89. The van der Waals surface area contributed by atoms with E-state index in [0.29, 0.717) is 6.42 Å². The lowest BCUT2D eigenvalue weighted by Crippen LogP contribution is -2.24. The molecule has 24 heavy (non-hydrogen) atoms. The van der Waals surface area contributed by atoms with E-state index in [2.05, 4.69) is 17.2 Å². The van der Waals surface area contributed by atoms with Crippen LogP contribution in [-0.2, 0) is 11.3 Å². The third-order valence-corrected chi connectivity index (χ3v) is 3.04. The van der Waals surface area contributed by atoms with Crippen LogP contribution in [0, 0.1) is 23.5 Å². The molecule has 0 radical (unpaired) electrons. The summed E-state index contributed by atoms with van der Waals surface area (Å²) in [4.78, 5) is 11.5. The second-order valence-electron chi connectivity index (χ2n) is 4.89. The van der Waals surface area contributed by atoms with Gasteiger partial charge in [-0.15, -0.1) is 0 Å². The lowest BCUT2D eigenvalue weighted by Gasteiger charge is -2.05. The van der Waals surface area contributed by atoms with Gasteiger partial charge in [0.2, 0.25) is 0 Å². The highest BCUT2D eigenvalue weighted by molar-refractivity contribution is 5.67. The smallest absolute Gasteiger partial charge is 0.407 e. The van der Waals surface area contributed by atoms with Crippen LogP contribution >= 0.6 is 0 Å². The number of nitrogen functional groups attached to an aromatic ring is 1. The largest absolute Gasteiger partial charge is 0.445 e. The molecule has 2 aromatic carbocycles. The highest BCUT2D eigenvalue weighted by atomic mass is 19.1. The minimum Gasteiger partial charge on any atom is -0.445 e. The number of benzene rings is 2. The minimum atomic E-state index is -0.845. The Balaban J connectivity index is 1.72. The number of carbonyl (C=O) groups is 1. The SMILES string of the molecule is Nc1c(F)cc(C#CCCNC(=O)OCc2ccccc2)cc1F. The highest BCUT2D eigenvalue weighted by Crippen LogP contribution is 2.16. The summed E-state index contributed by atoms with van der Waals surface area (Å²) in [6.45, 7) is 0.447. The first-order chi connectivity index (χ1) is 11.6. The minimum absolute atomic E-state index is 0.183. The summed E-state index contributed by atoms with van der Waals surface area (Å²) in [5.74, 6) is 3.63. The number of rotatable bonds is 4. The molecule has 0 heterocycles. The van der Waals surface area contributed by atoms with Crippen molar-refractivity contribution in [3.63, 3.8) is 0 Å². The third kappa shape index (κ3) is 5.29. The quantitative estimate of drug-likeness (QED) is 0.514. The molecule has 0 aliphatic carbocycles. The Bertz CT molecular complexity index is 745. The van der Waals surface area contributed by atoms with Crippen LogP contribution in [-0.4, -0.2) is 12.6 Å². The van der Waals surface area contributed by atoms with Crippen LogP contribution in [0.25, 0.3) is 0 Å². The Kier molecular flexibility index (Phi) is 6.15. The van der Waals surface area contributed by atoms with Gasteiger partial charge in [0.1, 0.15) is 23.9 Å². The Labute approximate surface area is 138 Å². The fraction of sp³-hybridized carbons (Fsp3) is 0.167. The van der Waals surface area contributed by atoms with Crippen molar-refractivity contribution in [2.45, 2.75) is 13.0 Å². The molecule has 1 amide bonds. The summed E-state index contributed by atoms with van der Waals surface area (Å²) < 4.78 is 31.5. The van der Waals surface area contributed by atoms with Gasteiger partial charge in [0.15, 0.2) is 0 Å². The van der Waals surface area contributed by atoms with Crippen LogP contribution in [0.5, 0.6) is 0 Å². The zero-order valence-electron chi connectivity index (χ0n) is 12.8. The van der Waals surface area contributed by atoms with E-state index in [-0.39, 0.29) is 18.7 Å². The van der Waals surface area contributed by atoms with E-state index < -0.39 is 23.4 Å². The van der Waals surface area contributed by atoms with Crippen molar-refractivity contribution in [2.75, 3.05) is 12.3 Å². The number of anilines is 1. The monoisotopic (exact) mass is 330 g/mol. The van der Waals surface area contributed by atoms with Crippen molar-refractivity contribution >= 4 is 11.8 Å². The third-order valence-electron chi connectivity index (χ3n) is 3.04. The second kappa shape index (κ2) is 8.53. The van der Waals surface area contributed by atoms with Crippen LogP contribution in [0.3, 0.4) is 0 Å². The predicted molar refractivity (Wildman–Crippen MR) is 86.9 cm³/mol. The van der Waals surface area contributed by atoms with E-state index in [1.807, 2.05) is 30.3 Å². The van der Waals surface area contributed by atoms with Crippen LogP contribution in [0.1, 0.15) is 17.5 Å². The van der Waals surface area contributed by atoms with Gasteiger partial charge in [-0.1, -0.05) is 42.2 Å². The molecule has 0 saturated heterocycles. The van der Waals surface area contributed by atoms with Crippen LogP contribution < -0.4 is 11.1 Å². The molecule has 0 bridgehead atoms. The Hall–Kier alpha value is -3.07. The van der Waals surface area contributed by atoms with E-state index in [1.54, 1.807) is 0 Å².